The van der Waals surface area contributed by atoms with E-state index in [0.29, 0.717) is 22.1 Å². The number of amides is 2. The maximum Gasteiger partial charge on any atom is 0.254 e. The van der Waals surface area contributed by atoms with Crippen molar-refractivity contribution in [3.8, 4) is 23.8 Å². The van der Waals surface area contributed by atoms with Gasteiger partial charge in [-0.1, -0.05) is 29.7 Å². The number of hydrogen-bond donors (Lipinski definition) is 0. The Morgan fingerprint density at radius 1 is 1.30 bits per heavy atom. The van der Waals surface area contributed by atoms with Gasteiger partial charge in [0, 0.05) is 16.7 Å². The summed E-state index contributed by atoms with van der Waals surface area (Å²) in [6.45, 7) is 0.0274. The molecule has 3 aliphatic rings. The predicted octanol–water partition coefficient (Wildman–Crippen LogP) is 2.50. The Labute approximate surface area is 161 Å². The average Bonchev–Trinajstić information content (AvgIpc) is 3.33. The summed E-state index contributed by atoms with van der Waals surface area (Å²) in [5.74, 6) is 2.30. The van der Waals surface area contributed by atoms with Crippen LogP contribution in [0.1, 0.15) is 12.0 Å². The molecular formula is C20H17ClN2O4. The van der Waals surface area contributed by atoms with E-state index in [-0.39, 0.29) is 42.1 Å². The van der Waals surface area contributed by atoms with Gasteiger partial charge in [-0.3, -0.25) is 9.59 Å². The zero-order chi connectivity index (χ0) is 19.1. The van der Waals surface area contributed by atoms with Gasteiger partial charge in [0.2, 0.25) is 0 Å². The van der Waals surface area contributed by atoms with Gasteiger partial charge in [-0.15, -0.1) is 6.42 Å². The van der Waals surface area contributed by atoms with Gasteiger partial charge in [0.05, 0.1) is 25.2 Å². The van der Waals surface area contributed by atoms with Crippen molar-refractivity contribution in [1.82, 2.24) is 5.01 Å². The van der Waals surface area contributed by atoms with E-state index >= 15 is 0 Å². The van der Waals surface area contributed by atoms with Crippen molar-refractivity contribution in [3.05, 3.63) is 34.9 Å². The number of halogens is 1. The molecule has 4 atom stereocenters. The number of rotatable bonds is 5. The first-order valence-electron chi connectivity index (χ1n) is 8.59. The van der Waals surface area contributed by atoms with E-state index in [4.69, 9.17) is 27.5 Å². The zero-order valence-corrected chi connectivity index (χ0v) is 15.3. The number of fused-ring (bicyclic) bond motifs is 5. The molecule has 1 aromatic carbocycles. The number of carbonyl (C=O) groups excluding carboxylic acids is 2. The lowest BCUT2D eigenvalue weighted by Crippen LogP contribution is -2.28. The van der Waals surface area contributed by atoms with Gasteiger partial charge in [0.25, 0.3) is 11.8 Å². The van der Waals surface area contributed by atoms with Crippen LogP contribution >= 0.6 is 11.6 Å². The molecule has 1 aromatic rings. The third-order valence-corrected chi connectivity index (χ3v) is 5.55. The molecule has 2 fully saturated rings. The average molecular weight is 385 g/mol. The molecule has 0 N–H and O–H groups in total. The van der Waals surface area contributed by atoms with Crippen LogP contribution < -0.4 is 9.47 Å². The summed E-state index contributed by atoms with van der Waals surface area (Å²) >= 11 is 6.12. The largest absolute Gasteiger partial charge is 0.493 e. The topological polar surface area (TPSA) is 68.2 Å². The van der Waals surface area contributed by atoms with Crippen LogP contribution in [0, 0.1) is 36.0 Å². The lowest BCUT2D eigenvalue weighted by atomic mass is 9.85. The van der Waals surface area contributed by atoms with Crippen molar-refractivity contribution in [2.75, 3.05) is 13.7 Å². The molecule has 2 bridgehead atoms. The van der Waals surface area contributed by atoms with Crippen molar-refractivity contribution in [3.63, 3.8) is 0 Å². The van der Waals surface area contributed by atoms with Crippen molar-refractivity contribution in [1.29, 1.82) is 0 Å². The predicted molar refractivity (Wildman–Crippen MR) is 99.5 cm³/mol. The van der Waals surface area contributed by atoms with E-state index < -0.39 is 0 Å². The number of imide groups is 1. The molecule has 0 aromatic heterocycles. The fourth-order valence-electron chi connectivity index (χ4n) is 4.22. The maximum absolute atomic E-state index is 12.7. The highest BCUT2D eigenvalue weighted by atomic mass is 35.5. The molecule has 2 aliphatic carbocycles. The van der Waals surface area contributed by atoms with E-state index in [2.05, 4.69) is 11.0 Å². The van der Waals surface area contributed by atoms with Gasteiger partial charge in [-0.25, -0.2) is 0 Å². The molecule has 27 heavy (non-hydrogen) atoms. The second-order valence-corrected chi connectivity index (χ2v) is 7.19. The molecule has 0 radical (unpaired) electrons. The fraction of sp³-hybridized carbons (Fsp3) is 0.350. The quantitative estimate of drug-likeness (QED) is 0.338. The summed E-state index contributed by atoms with van der Waals surface area (Å²) < 4.78 is 10.8. The Morgan fingerprint density at radius 2 is 1.96 bits per heavy atom. The van der Waals surface area contributed by atoms with Gasteiger partial charge in [0.1, 0.15) is 6.61 Å². The number of hydrazone groups is 1. The van der Waals surface area contributed by atoms with E-state index in [1.165, 1.54) is 13.3 Å². The molecule has 138 valence electrons. The molecule has 1 saturated heterocycles. The number of benzene rings is 1. The van der Waals surface area contributed by atoms with Gasteiger partial charge >= 0.3 is 0 Å². The first-order valence-corrected chi connectivity index (χ1v) is 8.97. The van der Waals surface area contributed by atoms with Crippen molar-refractivity contribution < 1.29 is 19.1 Å². The molecular weight excluding hydrogens is 368 g/mol. The summed E-state index contributed by atoms with van der Waals surface area (Å²) in [5, 5.41) is 5.53. The minimum atomic E-state index is -0.296. The van der Waals surface area contributed by atoms with E-state index in [9.17, 15) is 9.59 Å². The van der Waals surface area contributed by atoms with Crippen LogP contribution in [0.15, 0.2) is 29.4 Å². The molecule has 0 spiro atoms. The van der Waals surface area contributed by atoms with E-state index in [0.717, 1.165) is 11.4 Å². The Hall–Kier alpha value is -2.78. The number of ether oxygens (including phenoxy) is 2. The van der Waals surface area contributed by atoms with E-state index in [1.54, 1.807) is 12.1 Å². The van der Waals surface area contributed by atoms with Gasteiger partial charge in [0.15, 0.2) is 11.5 Å². The molecule has 6 nitrogen and oxygen atoms in total. The standard InChI is InChI=1S/C20H17ClN2O4/c1-3-6-27-18-13(8-14(21)9-15(18)26-2)10-22-23-19(24)16-11-4-5-12(7-11)17(16)20(23)25/h1,4-5,8-12,16-17H,6-7H2,2H3/t11-,12-,16-,17+/m0/s1. The monoisotopic (exact) mass is 384 g/mol. The summed E-state index contributed by atoms with van der Waals surface area (Å²) in [4.78, 5) is 25.4. The van der Waals surface area contributed by atoms with E-state index in [1.807, 2.05) is 12.2 Å². The van der Waals surface area contributed by atoms with Crippen LogP contribution in [0.4, 0.5) is 0 Å². The van der Waals surface area contributed by atoms with Crippen LogP contribution in [-0.4, -0.2) is 36.8 Å². The SMILES string of the molecule is C#CCOc1c(C=NN2C(=O)[C@@H]3[C@H](C2=O)[C@H]2C=C[C@H]3C2)cc(Cl)cc1OC. The maximum atomic E-state index is 12.7. The Morgan fingerprint density at radius 3 is 2.56 bits per heavy atom. The summed E-state index contributed by atoms with van der Waals surface area (Å²) in [5.41, 5.74) is 0.466. The first kappa shape index (κ1) is 17.6. The Bertz CT molecular complexity index is 887. The normalized spacial score (nSPS) is 28.1. The number of carbonyl (C=O) groups is 2. The summed E-state index contributed by atoms with van der Waals surface area (Å²) in [6.07, 6.45) is 11.6. The number of methoxy groups -OCH3 is 1. The van der Waals surface area contributed by atoms with Crippen LogP contribution in [0.5, 0.6) is 11.5 Å². The van der Waals surface area contributed by atoms with Gasteiger partial charge in [-0.2, -0.15) is 10.1 Å². The zero-order valence-electron chi connectivity index (χ0n) is 14.6. The third kappa shape index (κ3) is 2.79. The fourth-order valence-corrected chi connectivity index (χ4v) is 4.44. The highest BCUT2D eigenvalue weighted by molar-refractivity contribution is 6.31. The van der Waals surface area contributed by atoms with Gasteiger partial charge in [-0.05, 0) is 24.3 Å². The second-order valence-electron chi connectivity index (χ2n) is 6.75. The summed E-state index contributed by atoms with van der Waals surface area (Å²) in [6, 6.07) is 3.20. The van der Waals surface area contributed by atoms with Crippen molar-refractivity contribution in [2.45, 2.75) is 6.42 Å². The molecule has 0 unspecified atom stereocenters. The second kappa shape index (κ2) is 6.75. The number of terminal acetylenes is 1. The minimum Gasteiger partial charge on any atom is -0.493 e. The highest BCUT2D eigenvalue weighted by Crippen LogP contribution is 2.52. The van der Waals surface area contributed by atoms with Crippen molar-refractivity contribution >= 4 is 29.6 Å². The molecule has 1 saturated carbocycles. The van der Waals surface area contributed by atoms with Crippen LogP contribution in [0.25, 0.3) is 0 Å². The van der Waals surface area contributed by atoms with Crippen LogP contribution in [0.2, 0.25) is 5.02 Å². The molecule has 2 amide bonds. The van der Waals surface area contributed by atoms with Crippen LogP contribution in [-0.2, 0) is 9.59 Å². The number of nitrogens with zero attached hydrogens (tertiary/aromatic N) is 2. The highest BCUT2D eigenvalue weighted by Gasteiger charge is 2.59. The minimum absolute atomic E-state index is 0.0274. The number of allylic oxidation sites excluding steroid dienone is 2. The van der Waals surface area contributed by atoms with Crippen molar-refractivity contribution in [2.24, 2.45) is 28.8 Å². The molecule has 1 aliphatic heterocycles. The lowest BCUT2D eigenvalue weighted by Gasteiger charge is -2.14. The Kier molecular flexibility index (Phi) is 4.40. The first-order chi connectivity index (χ1) is 13.0. The lowest BCUT2D eigenvalue weighted by molar-refractivity contribution is -0.140. The Balaban J connectivity index is 1.64. The number of hydrogen-bond acceptors (Lipinski definition) is 5. The molecule has 7 heteroatoms. The summed E-state index contributed by atoms with van der Waals surface area (Å²) in [7, 11) is 1.48. The smallest absolute Gasteiger partial charge is 0.254 e. The third-order valence-electron chi connectivity index (χ3n) is 5.33. The van der Waals surface area contributed by atoms with Gasteiger partial charge < -0.3 is 9.47 Å². The molecule has 1 heterocycles. The van der Waals surface area contributed by atoms with Crippen LogP contribution in [0.3, 0.4) is 0 Å². The molecule has 4 rings (SSSR count).